The molecule has 0 N–H and O–H groups in total. The Labute approximate surface area is 197 Å². The molecule has 0 rings (SSSR count). The molecule has 0 bridgehead atoms. The molecule has 31 heavy (non-hydrogen) atoms. The Bertz CT molecular complexity index is 334. The van der Waals surface area contributed by atoms with E-state index in [9.17, 15) is 0 Å². The van der Waals surface area contributed by atoms with Crippen molar-refractivity contribution in [1.29, 1.82) is 0 Å². The second-order valence-corrected chi connectivity index (χ2v) is 9.68. The van der Waals surface area contributed by atoms with E-state index in [2.05, 4.69) is 65.2 Å². The second-order valence-electron chi connectivity index (χ2n) is 9.68. The van der Waals surface area contributed by atoms with Gasteiger partial charge in [-0.05, 0) is 64.7 Å². The van der Waals surface area contributed by atoms with Gasteiger partial charge < -0.3 is 14.5 Å². The Morgan fingerprint density at radius 3 is 1.16 bits per heavy atom. The Balaban J connectivity index is 4.93. The monoisotopic (exact) mass is 440 g/mol. The van der Waals surface area contributed by atoms with Crippen LogP contribution in [0.2, 0.25) is 0 Å². The highest BCUT2D eigenvalue weighted by Crippen LogP contribution is 2.23. The fourth-order valence-corrected chi connectivity index (χ4v) is 5.16. The average Bonchev–Trinajstić information content (AvgIpc) is 2.78. The van der Waals surface area contributed by atoms with Crippen LogP contribution in [0.3, 0.4) is 0 Å². The minimum atomic E-state index is 0.611. The zero-order valence-corrected chi connectivity index (χ0v) is 22.9. The molecule has 4 unspecified atom stereocenters. The van der Waals surface area contributed by atoms with Gasteiger partial charge in [0.1, 0.15) is 0 Å². The molecule has 0 amide bonds. The number of hydrogen-bond donors (Lipinski definition) is 0. The van der Waals surface area contributed by atoms with Gasteiger partial charge in [-0.25, -0.2) is 0 Å². The Kier molecular flexibility index (Phi) is 20.4. The summed E-state index contributed by atoms with van der Waals surface area (Å²) in [5, 5.41) is 0. The van der Waals surface area contributed by atoms with Gasteiger partial charge in [0.05, 0.1) is 13.2 Å². The standard InChI is InChI=1S/C28H60N2O/c1-9-15-17-19-21-27(25(7)29(11-3)12-4)23-31-24-28(22-20-18-16-10-2)26(8)30(13-5)14-6/h25-28H,9-24H2,1-8H3. The van der Waals surface area contributed by atoms with Crippen LogP contribution < -0.4 is 0 Å². The van der Waals surface area contributed by atoms with Crippen LogP contribution in [0.25, 0.3) is 0 Å². The maximum absolute atomic E-state index is 6.54. The summed E-state index contributed by atoms with van der Waals surface area (Å²) in [5.74, 6) is 1.31. The zero-order valence-electron chi connectivity index (χ0n) is 22.9. The molecule has 0 fully saturated rings. The molecule has 188 valence electrons. The van der Waals surface area contributed by atoms with Crippen molar-refractivity contribution in [3.8, 4) is 0 Å². The first-order chi connectivity index (χ1) is 15.0. The average molecular weight is 441 g/mol. The van der Waals surface area contributed by atoms with Crippen LogP contribution in [0.4, 0.5) is 0 Å². The summed E-state index contributed by atoms with van der Waals surface area (Å²) in [4.78, 5) is 5.24. The van der Waals surface area contributed by atoms with Crippen molar-refractivity contribution < 1.29 is 4.74 Å². The van der Waals surface area contributed by atoms with E-state index in [1.165, 1.54) is 64.2 Å². The zero-order chi connectivity index (χ0) is 23.5. The third-order valence-corrected chi connectivity index (χ3v) is 7.66. The Hall–Kier alpha value is -0.120. The van der Waals surface area contributed by atoms with Gasteiger partial charge in [0, 0.05) is 12.1 Å². The van der Waals surface area contributed by atoms with Crippen molar-refractivity contribution in [3.63, 3.8) is 0 Å². The summed E-state index contributed by atoms with van der Waals surface area (Å²) in [7, 11) is 0. The highest BCUT2D eigenvalue weighted by molar-refractivity contribution is 4.77. The van der Waals surface area contributed by atoms with Gasteiger partial charge in [-0.3, -0.25) is 0 Å². The first-order valence-corrected chi connectivity index (χ1v) is 14.1. The van der Waals surface area contributed by atoms with E-state index in [0.29, 0.717) is 23.9 Å². The number of ether oxygens (including phenoxy) is 1. The van der Waals surface area contributed by atoms with Crippen LogP contribution in [0.5, 0.6) is 0 Å². The molecular formula is C28H60N2O. The van der Waals surface area contributed by atoms with Gasteiger partial charge in [0.15, 0.2) is 0 Å². The van der Waals surface area contributed by atoms with Gasteiger partial charge in [0.2, 0.25) is 0 Å². The third kappa shape index (κ3) is 13.2. The molecule has 0 saturated carbocycles. The smallest absolute Gasteiger partial charge is 0.0509 e. The number of rotatable bonds is 22. The molecular weight excluding hydrogens is 380 g/mol. The molecule has 0 aromatic carbocycles. The fraction of sp³-hybridized carbons (Fsp3) is 1.00. The largest absolute Gasteiger partial charge is 0.381 e. The van der Waals surface area contributed by atoms with Crippen LogP contribution in [0.1, 0.15) is 120 Å². The molecule has 0 aliphatic heterocycles. The van der Waals surface area contributed by atoms with Crippen molar-refractivity contribution in [1.82, 2.24) is 9.80 Å². The van der Waals surface area contributed by atoms with Crippen molar-refractivity contribution in [2.24, 2.45) is 11.8 Å². The van der Waals surface area contributed by atoms with Gasteiger partial charge >= 0.3 is 0 Å². The van der Waals surface area contributed by atoms with Gasteiger partial charge in [0.25, 0.3) is 0 Å². The molecule has 3 heteroatoms. The minimum Gasteiger partial charge on any atom is -0.381 e. The predicted molar refractivity (Wildman–Crippen MR) is 140 cm³/mol. The molecule has 4 atom stereocenters. The number of nitrogens with zero attached hydrogens (tertiary/aromatic N) is 2. The van der Waals surface area contributed by atoms with Crippen LogP contribution in [0, 0.1) is 11.8 Å². The highest BCUT2D eigenvalue weighted by Gasteiger charge is 2.25. The number of unbranched alkanes of at least 4 members (excludes halogenated alkanes) is 6. The van der Waals surface area contributed by atoms with Crippen molar-refractivity contribution in [3.05, 3.63) is 0 Å². The molecule has 0 saturated heterocycles. The highest BCUT2D eigenvalue weighted by atomic mass is 16.5. The van der Waals surface area contributed by atoms with E-state index >= 15 is 0 Å². The van der Waals surface area contributed by atoms with Crippen LogP contribution >= 0.6 is 0 Å². The summed E-state index contributed by atoms with van der Waals surface area (Å²) >= 11 is 0. The van der Waals surface area contributed by atoms with E-state index in [-0.39, 0.29) is 0 Å². The van der Waals surface area contributed by atoms with E-state index in [0.717, 1.165) is 39.4 Å². The molecule has 0 spiro atoms. The van der Waals surface area contributed by atoms with E-state index in [1.54, 1.807) is 0 Å². The lowest BCUT2D eigenvalue weighted by atomic mass is 9.92. The molecule has 0 aliphatic carbocycles. The maximum Gasteiger partial charge on any atom is 0.0509 e. The SMILES string of the molecule is CCCCCCC(COCC(CCCCCC)C(C)N(CC)CC)C(C)N(CC)CC. The fourth-order valence-electron chi connectivity index (χ4n) is 5.16. The van der Waals surface area contributed by atoms with Gasteiger partial charge in [-0.1, -0.05) is 92.9 Å². The minimum absolute atomic E-state index is 0.611. The molecule has 0 aromatic heterocycles. The Morgan fingerprint density at radius 1 is 0.516 bits per heavy atom. The lowest BCUT2D eigenvalue weighted by Crippen LogP contribution is -2.42. The van der Waals surface area contributed by atoms with Gasteiger partial charge in [-0.2, -0.15) is 0 Å². The lowest BCUT2D eigenvalue weighted by Gasteiger charge is -2.35. The molecule has 3 nitrogen and oxygen atoms in total. The van der Waals surface area contributed by atoms with Crippen LogP contribution in [0.15, 0.2) is 0 Å². The summed E-state index contributed by atoms with van der Waals surface area (Å²) < 4.78 is 6.54. The topological polar surface area (TPSA) is 15.7 Å². The quantitative estimate of drug-likeness (QED) is 0.161. The van der Waals surface area contributed by atoms with Crippen molar-refractivity contribution in [2.75, 3.05) is 39.4 Å². The molecule has 0 aromatic rings. The third-order valence-electron chi connectivity index (χ3n) is 7.66. The number of hydrogen-bond acceptors (Lipinski definition) is 3. The first kappa shape index (κ1) is 30.9. The summed E-state index contributed by atoms with van der Waals surface area (Å²) in [5.41, 5.74) is 0. The maximum atomic E-state index is 6.54. The van der Waals surface area contributed by atoms with E-state index < -0.39 is 0 Å². The predicted octanol–water partition coefficient (Wildman–Crippen LogP) is 7.64. The van der Waals surface area contributed by atoms with Crippen molar-refractivity contribution >= 4 is 0 Å². The lowest BCUT2D eigenvalue weighted by molar-refractivity contribution is 0.0134. The molecule has 0 heterocycles. The van der Waals surface area contributed by atoms with E-state index in [1.807, 2.05) is 0 Å². The second kappa shape index (κ2) is 20.5. The first-order valence-electron chi connectivity index (χ1n) is 14.1. The van der Waals surface area contributed by atoms with Gasteiger partial charge in [-0.15, -0.1) is 0 Å². The molecule has 0 radical (unpaired) electrons. The summed E-state index contributed by atoms with van der Waals surface area (Å²) in [6, 6.07) is 1.22. The van der Waals surface area contributed by atoms with Crippen molar-refractivity contribution in [2.45, 2.75) is 132 Å². The normalized spacial score (nSPS) is 16.1. The van der Waals surface area contributed by atoms with Crippen LogP contribution in [-0.2, 0) is 4.74 Å². The summed E-state index contributed by atoms with van der Waals surface area (Å²) in [6.07, 6.45) is 13.4. The van der Waals surface area contributed by atoms with E-state index in [4.69, 9.17) is 4.74 Å². The summed E-state index contributed by atoms with van der Waals surface area (Å²) in [6.45, 7) is 25.1. The van der Waals surface area contributed by atoms with Crippen LogP contribution in [-0.4, -0.2) is 61.3 Å². The molecule has 0 aliphatic rings. The Morgan fingerprint density at radius 2 is 0.871 bits per heavy atom.